The molecule has 0 aromatic heterocycles. The van der Waals surface area contributed by atoms with E-state index in [2.05, 4.69) is 5.32 Å². The molecule has 0 heterocycles. The van der Waals surface area contributed by atoms with Crippen LogP contribution < -0.4 is 11.1 Å². The number of nitrogens with one attached hydrogen (secondary N) is 2. The van der Waals surface area contributed by atoms with Gasteiger partial charge in [-0.25, -0.2) is 0 Å². The van der Waals surface area contributed by atoms with Crippen molar-refractivity contribution in [2.45, 2.75) is 33.7 Å². The average molecular weight is 169 g/mol. The van der Waals surface area contributed by atoms with Gasteiger partial charge in [-0.1, -0.05) is 13.8 Å². The van der Waals surface area contributed by atoms with E-state index in [0.29, 0.717) is 17.6 Å². The molecule has 0 fully saturated rings. The zero-order chi connectivity index (χ0) is 9.72. The van der Waals surface area contributed by atoms with Gasteiger partial charge >= 0.3 is 0 Å². The van der Waals surface area contributed by atoms with Crippen molar-refractivity contribution in [1.29, 1.82) is 5.41 Å². The molecule has 0 saturated heterocycles. The summed E-state index contributed by atoms with van der Waals surface area (Å²) in [6, 6.07) is 0.321. The summed E-state index contributed by atoms with van der Waals surface area (Å²) < 4.78 is 0. The summed E-state index contributed by atoms with van der Waals surface area (Å²) in [5, 5.41) is 10.5. The van der Waals surface area contributed by atoms with E-state index in [9.17, 15) is 0 Å². The third kappa shape index (κ3) is 4.77. The third-order valence-electron chi connectivity index (χ3n) is 1.39. The fourth-order valence-electron chi connectivity index (χ4n) is 0.709. The molecule has 0 aromatic carbocycles. The van der Waals surface area contributed by atoms with Crippen molar-refractivity contribution in [1.82, 2.24) is 5.32 Å². The van der Waals surface area contributed by atoms with Crippen LogP contribution in [0.5, 0.6) is 0 Å². The van der Waals surface area contributed by atoms with Gasteiger partial charge in [0.2, 0.25) is 0 Å². The molecule has 0 atom stereocenters. The molecular formula is C9H19N3. The molecule has 0 aromatic rings. The number of hydrogen-bond donors (Lipinski definition) is 3. The van der Waals surface area contributed by atoms with Crippen molar-refractivity contribution in [2.75, 3.05) is 0 Å². The molecular weight excluding hydrogens is 150 g/mol. The molecule has 0 aliphatic rings. The number of hydrogen-bond acceptors (Lipinski definition) is 3. The molecule has 0 rings (SSSR count). The van der Waals surface area contributed by atoms with Crippen molar-refractivity contribution in [3.63, 3.8) is 0 Å². The second-order valence-electron chi connectivity index (χ2n) is 3.51. The van der Waals surface area contributed by atoms with Crippen molar-refractivity contribution in [3.05, 3.63) is 11.9 Å². The molecule has 0 bridgehead atoms. The van der Waals surface area contributed by atoms with E-state index in [1.54, 1.807) is 6.08 Å². The first-order valence-electron chi connectivity index (χ1n) is 4.25. The van der Waals surface area contributed by atoms with Gasteiger partial charge in [-0.2, -0.15) is 0 Å². The largest absolute Gasteiger partial charge is 0.385 e. The van der Waals surface area contributed by atoms with Crippen LogP contribution in [0.4, 0.5) is 0 Å². The van der Waals surface area contributed by atoms with E-state index in [4.69, 9.17) is 11.1 Å². The van der Waals surface area contributed by atoms with E-state index in [0.717, 1.165) is 0 Å². The Labute approximate surface area is 74.5 Å². The second-order valence-corrected chi connectivity index (χ2v) is 3.51. The highest BCUT2D eigenvalue weighted by Crippen LogP contribution is 1.97. The van der Waals surface area contributed by atoms with Crippen LogP contribution in [-0.4, -0.2) is 11.8 Å². The predicted molar refractivity (Wildman–Crippen MR) is 53.1 cm³/mol. The summed E-state index contributed by atoms with van der Waals surface area (Å²) in [6.07, 6.45) is 1.67. The van der Waals surface area contributed by atoms with Gasteiger partial charge in [-0.05, 0) is 25.8 Å². The van der Waals surface area contributed by atoms with Gasteiger partial charge in [0.1, 0.15) is 0 Å². The zero-order valence-electron chi connectivity index (χ0n) is 8.31. The molecule has 12 heavy (non-hydrogen) atoms. The van der Waals surface area contributed by atoms with E-state index in [1.807, 2.05) is 27.7 Å². The second kappa shape index (κ2) is 4.80. The highest BCUT2D eigenvalue weighted by molar-refractivity contribution is 5.94. The SMILES string of the molecule is CC(C)N/C(N)=C\C(=N)C(C)C. The molecule has 0 aliphatic heterocycles. The lowest BCUT2D eigenvalue weighted by Gasteiger charge is -2.10. The van der Waals surface area contributed by atoms with Crippen LogP contribution in [0.15, 0.2) is 11.9 Å². The molecule has 0 aliphatic carbocycles. The zero-order valence-corrected chi connectivity index (χ0v) is 8.31. The van der Waals surface area contributed by atoms with Crippen LogP contribution in [-0.2, 0) is 0 Å². The summed E-state index contributed by atoms with van der Waals surface area (Å²) in [4.78, 5) is 0. The first-order chi connectivity index (χ1) is 5.43. The van der Waals surface area contributed by atoms with E-state index in [1.165, 1.54) is 0 Å². The maximum atomic E-state index is 7.52. The summed E-state index contributed by atoms with van der Waals surface area (Å²) >= 11 is 0. The number of nitrogens with two attached hydrogens (primary N) is 1. The Morgan fingerprint density at radius 1 is 1.33 bits per heavy atom. The van der Waals surface area contributed by atoms with Crippen LogP contribution in [0.2, 0.25) is 0 Å². The number of allylic oxidation sites excluding steroid dienone is 1. The minimum atomic E-state index is 0.234. The Kier molecular flexibility index (Phi) is 4.40. The summed E-state index contributed by atoms with van der Waals surface area (Å²) in [6.45, 7) is 7.97. The van der Waals surface area contributed by atoms with Crippen LogP contribution >= 0.6 is 0 Å². The van der Waals surface area contributed by atoms with Gasteiger partial charge in [0.25, 0.3) is 0 Å². The van der Waals surface area contributed by atoms with Gasteiger partial charge in [0.15, 0.2) is 0 Å². The molecule has 0 saturated carbocycles. The van der Waals surface area contributed by atoms with Crippen molar-refractivity contribution in [3.8, 4) is 0 Å². The standard InChI is InChI=1S/C9H19N3/c1-6(2)8(10)5-9(11)12-7(3)4/h5-7,10,12H,11H2,1-4H3/b9-5-,10-8?. The Morgan fingerprint density at radius 3 is 2.17 bits per heavy atom. The maximum Gasteiger partial charge on any atom is 0.0980 e. The molecule has 0 radical (unpaired) electrons. The van der Waals surface area contributed by atoms with Gasteiger partial charge < -0.3 is 16.5 Å². The van der Waals surface area contributed by atoms with Gasteiger partial charge in [0.05, 0.1) is 5.82 Å². The molecule has 0 amide bonds. The van der Waals surface area contributed by atoms with Crippen molar-refractivity contribution >= 4 is 5.71 Å². The minimum Gasteiger partial charge on any atom is -0.385 e. The predicted octanol–water partition coefficient (Wildman–Crippen LogP) is 1.46. The lowest BCUT2D eigenvalue weighted by Crippen LogP contribution is -2.28. The molecule has 4 N–H and O–H groups in total. The monoisotopic (exact) mass is 169 g/mol. The van der Waals surface area contributed by atoms with Crippen LogP contribution in [0.3, 0.4) is 0 Å². The van der Waals surface area contributed by atoms with Gasteiger partial charge in [-0.3, -0.25) is 0 Å². The van der Waals surface area contributed by atoms with Gasteiger partial charge in [-0.15, -0.1) is 0 Å². The highest BCUT2D eigenvalue weighted by Gasteiger charge is 2.00. The molecule has 70 valence electrons. The first-order valence-corrected chi connectivity index (χ1v) is 4.25. The highest BCUT2D eigenvalue weighted by atomic mass is 15.0. The quantitative estimate of drug-likeness (QED) is 0.558. The fraction of sp³-hybridized carbons (Fsp3) is 0.667. The van der Waals surface area contributed by atoms with Crippen LogP contribution in [0, 0.1) is 11.3 Å². The average Bonchev–Trinajstić information content (AvgIpc) is 1.84. The third-order valence-corrected chi connectivity index (χ3v) is 1.39. The normalized spacial score (nSPS) is 12.3. The van der Waals surface area contributed by atoms with E-state index >= 15 is 0 Å². The maximum absolute atomic E-state index is 7.52. The lowest BCUT2D eigenvalue weighted by atomic mass is 10.1. The van der Waals surface area contributed by atoms with E-state index in [-0.39, 0.29) is 5.92 Å². The van der Waals surface area contributed by atoms with Crippen molar-refractivity contribution in [2.24, 2.45) is 11.7 Å². The first kappa shape index (κ1) is 11.0. The number of rotatable bonds is 4. The Bertz CT molecular complexity index is 180. The smallest absolute Gasteiger partial charge is 0.0980 e. The summed E-state index contributed by atoms with van der Waals surface area (Å²) in [5.41, 5.74) is 6.18. The molecule has 0 spiro atoms. The van der Waals surface area contributed by atoms with E-state index < -0.39 is 0 Å². The Balaban J connectivity index is 4.07. The Morgan fingerprint density at radius 2 is 1.83 bits per heavy atom. The lowest BCUT2D eigenvalue weighted by molar-refractivity contribution is 0.663. The van der Waals surface area contributed by atoms with Crippen LogP contribution in [0.25, 0.3) is 0 Å². The Hall–Kier alpha value is -0.990. The molecule has 0 unspecified atom stereocenters. The van der Waals surface area contributed by atoms with Gasteiger partial charge in [0, 0.05) is 11.8 Å². The summed E-state index contributed by atoms with van der Waals surface area (Å²) in [7, 11) is 0. The van der Waals surface area contributed by atoms with Crippen molar-refractivity contribution < 1.29 is 0 Å². The topological polar surface area (TPSA) is 61.9 Å². The minimum absolute atomic E-state index is 0.234. The molecule has 3 heteroatoms. The molecule has 3 nitrogen and oxygen atoms in total. The summed E-state index contributed by atoms with van der Waals surface area (Å²) in [5.74, 6) is 0.807. The van der Waals surface area contributed by atoms with Crippen LogP contribution in [0.1, 0.15) is 27.7 Å². The fourth-order valence-corrected chi connectivity index (χ4v) is 0.709.